The Balaban J connectivity index is 2.44. The van der Waals surface area contributed by atoms with Gasteiger partial charge in [0.05, 0.1) is 12.4 Å². The van der Waals surface area contributed by atoms with Crippen molar-refractivity contribution in [2.24, 2.45) is 0 Å². The summed E-state index contributed by atoms with van der Waals surface area (Å²) in [7, 11) is 0. The van der Waals surface area contributed by atoms with Crippen molar-refractivity contribution < 1.29 is 19.4 Å². The normalized spacial score (nSPS) is 15.1. The smallest absolute Gasteiger partial charge is 0.185 e. The van der Waals surface area contributed by atoms with Crippen molar-refractivity contribution in [3.05, 3.63) is 24.2 Å². The molecule has 4 nitrogen and oxygen atoms in total. The van der Waals surface area contributed by atoms with E-state index < -0.39 is 12.2 Å². The zero-order valence-corrected chi connectivity index (χ0v) is 8.53. The van der Waals surface area contributed by atoms with E-state index in [2.05, 4.69) is 0 Å². The first-order valence-corrected chi connectivity index (χ1v) is 5.12. The minimum Gasteiger partial charge on any atom is -0.466 e. The van der Waals surface area contributed by atoms with Gasteiger partial charge in [-0.3, -0.25) is 4.79 Å². The molecule has 0 aliphatic heterocycles. The number of carbonyl (C=O) groups is 1. The second-order valence-corrected chi connectivity index (χ2v) is 4.03. The van der Waals surface area contributed by atoms with E-state index >= 15 is 0 Å². The van der Waals surface area contributed by atoms with E-state index in [1.54, 1.807) is 12.1 Å². The summed E-state index contributed by atoms with van der Waals surface area (Å²) in [5.41, 5.74) is 0. The molecule has 1 heterocycles. The van der Waals surface area contributed by atoms with Crippen LogP contribution in [0.15, 0.2) is 22.8 Å². The van der Waals surface area contributed by atoms with Crippen LogP contribution in [-0.2, 0) is 4.79 Å². The van der Waals surface area contributed by atoms with Gasteiger partial charge in [0.25, 0.3) is 0 Å². The molecule has 0 spiro atoms. The van der Waals surface area contributed by atoms with Crippen LogP contribution in [0, 0.1) is 0 Å². The summed E-state index contributed by atoms with van der Waals surface area (Å²) in [4.78, 5) is 10.6. The largest absolute Gasteiger partial charge is 0.466 e. The number of thioether (sulfide) groups is 1. The molecule has 1 aromatic rings. The number of aliphatic hydroxyl groups is 2. The van der Waals surface area contributed by atoms with E-state index in [0.717, 1.165) is 11.8 Å². The fraction of sp³-hybridized carbons (Fsp3) is 0.444. The summed E-state index contributed by atoms with van der Waals surface area (Å²) in [6.07, 6.45) is -0.643. The van der Waals surface area contributed by atoms with Gasteiger partial charge in [0.2, 0.25) is 0 Å². The maximum atomic E-state index is 10.6. The van der Waals surface area contributed by atoms with E-state index in [0.29, 0.717) is 5.76 Å². The molecule has 1 aromatic heterocycles. The first-order chi connectivity index (χ1) is 6.61. The molecule has 0 radical (unpaired) electrons. The molecule has 2 unspecified atom stereocenters. The first-order valence-electron chi connectivity index (χ1n) is 4.14. The lowest BCUT2D eigenvalue weighted by molar-refractivity contribution is -0.109. The van der Waals surface area contributed by atoms with Gasteiger partial charge in [-0.1, -0.05) is 11.8 Å². The van der Waals surface area contributed by atoms with Gasteiger partial charge in [0.1, 0.15) is 11.9 Å². The van der Waals surface area contributed by atoms with Gasteiger partial charge >= 0.3 is 0 Å². The minimum atomic E-state index is -1.07. The number of carbonyl (C=O) groups excluding carboxylic acids is 1. The Morgan fingerprint density at radius 2 is 2.36 bits per heavy atom. The lowest BCUT2D eigenvalue weighted by Crippen LogP contribution is -2.20. The van der Waals surface area contributed by atoms with Gasteiger partial charge in [-0.05, 0) is 12.1 Å². The fourth-order valence-corrected chi connectivity index (χ4v) is 1.53. The molecule has 0 saturated heterocycles. The molecule has 0 aromatic carbocycles. The van der Waals surface area contributed by atoms with Crippen molar-refractivity contribution >= 4 is 16.9 Å². The first kappa shape index (κ1) is 11.3. The zero-order chi connectivity index (χ0) is 10.6. The SMILES string of the molecule is CC(=O)SCC(O)C(O)c1ccco1. The average Bonchev–Trinajstić information content (AvgIpc) is 2.65. The highest BCUT2D eigenvalue weighted by Gasteiger charge is 2.21. The van der Waals surface area contributed by atoms with Crippen molar-refractivity contribution in [1.29, 1.82) is 0 Å². The zero-order valence-electron chi connectivity index (χ0n) is 7.71. The summed E-state index contributed by atoms with van der Waals surface area (Å²) < 4.78 is 4.92. The molecule has 2 atom stereocenters. The Kier molecular flexibility index (Phi) is 4.19. The molecule has 0 fully saturated rings. The third-order valence-corrected chi connectivity index (χ3v) is 2.57. The lowest BCUT2D eigenvalue weighted by atomic mass is 10.2. The number of rotatable bonds is 4. The second-order valence-electron chi connectivity index (χ2n) is 2.83. The van der Waals surface area contributed by atoms with E-state index in [1.807, 2.05) is 0 Å². The Labute approximate surface area is 85.9 Å². The molecular weight excluding hydrogens is 204 g/mol. The van der Waals surface area contributed by atoms with Crippen LogP contribution in [0.5, 0.6) is 0 Å². The summed E-state index contributed by atoms with van der Waals surface area (Å²) in [6.45, 7) is 1.41. The topological polar surface area (TPSA) is 70.7 Å². The summed E-state index contributed by atoms with van der Waals surface area (Å²) in [5, 5.41) is 18.9. The molecule has 5 heteroatoms. The quantitative estimate of drug-likeness (QED) is 0.784. The average molecular weight is 216 g/mol. The molecule has 78 valence electrons. The van der Waals surface area contributed by atoms with E-state index in [9.17, 15) is 15.0 Å². The van der Waals surface area contributed by atoms with Crippen molar-refractivity contribution in [3.63, 3.8) is 0 Å². The number of furan rings is 1. The molecule has 1 rings (SSSR count). The molecule has 0 saturated carbocycles. The molecule has 14 heavy (non-hydrogen) atoms. The van der Waals surface area contributed by atoms with Crippen LogP contribution < -0.4 is 0 Å². The van der Waals surface area contributed by atoms with Crippen LogP contribution in [0.3, 0.4) is 0 Å². The van der Waals surface area contributed by atoms with Gasteiger partial charge in [0.15, 0.2) is 5.12 Å². The van der Waals surface area contributed by atoms with Crippen LogP contribution in [-0.4, -0.2) is 27.2 Å². The Morgan fingerprint density at radius 3 is 2.86 bits per heavy atom. The summed E-state index contributed by atoms with van der Waals surface area (Å²) in [6, 6.07) is 3.20. The minimum absolute atomic E-state index is 0.0873. The predicted octanol–water partition coefficient (Wildman–Crippen LogP) is 0.954. The van der Waals surface area contributed by atoms with Crippen LogP contribution in [0.25, 0.3) is 0 Å². The number of aliphatic hydroxyl groups excluding tert-OH is 2. The van der Waals surface area contributed by atoms with Crippen LogP contribution in [0.2, 0.25) is 0 Å². The van der Waals surface area contributed by atoms with Crippen molar-refractivity contribution in [3.8, 4) is 0 Å². The molecule has 0 aliphatic rings. The van der Waals surface area contributed by atoms with E-state index in [1.165, 1.54) is 13.2 Å². The van der Waals surface area contributed by atoms with Crippen LogP contribution in [0.1, 0.15) is 18.8 Å². The van der Waals surface area contributed by atoms with Gasteiger partial charge in [-0.15, -0.1) is 0 Å². The Morgan fingerprint density at radius 1 is 1.64 bits per heavy atom. The molecule has 0 amide bonds. The number of hydrogen-bond donors (Lipinski definition) is 2. The van der Waals surface area contributed by atoms with Gasteiger partial charge in [-0.2, -0.15) is 0 Å². The van der Waals surface area contributed by atoms with Crippen molar-refractivity contribution in [2.75, 3.05) is 5.75 Å². The van der Waals surface area contributed by atoms with Gasteiger partial charge in [-0.25, -0.2) is 0 Å². The monoisotopic (exact) mass is 216 g/mol. The lowest BCUT2D eigenvalue weighted by Gasteiger charge is -2.14. The van der Waals surface area contributed by atoms with Crippen LogP contribution in [0.4, 0.5) is 0 Å². The maximum Gasteiger partial charge on any atom is 0.185 e. The number of hydrogen-bond acceptors (Lipinski definition) is 5. The third-order valence-electron chi connectivity index (χ3n) is 1.66. The highest BCUT2D eigenvalue weighted by Crippen LogP contribution is 2.20. The molecule has 0 aliphatic carbocycles. The van der Waals surface area contributed by atoms with Crippen molar-refractivity contribution in [2.45, 2.75) is 19.1 Å². The maximum absolute atomic E-state index is 10.6. The second kappa shape index (κ2) is 5.19. The highest BCUT2D eigenvalue weighted by atomic mass is 32.2. The Bertz CT molecular complexity index is 283. The van der Waals surface area contributed by atoms with E-state index in [-0.39, 0.29) is 10.9 Å². The van der Waals surface area contributed by atoms with E-state index in [4.69, 9.17) is 4.42 Å². The third kappa shape index (κ3) is 3.17. The molecule has 0 bridgehead atoms. The van der Waals surface area contributed by atoms with Crippen molar-refractivity contribution in [1.82, 2.24) is 0 Å². The Hall–Kier alpha value is -0.780. The molecular formula is C9H12O4S. The van der Waals surface area contributed by atoms with Gasteiger partial charge in [0, 0.05) is 12.7 Å². The summed E-state index contributed by atoms with van der Waals surface area (Å²) >= 11 is 0.974. The van der Waals surface area contributed by atoms with Crippen LogP contribution >= 0.6 is 11.8 Å². The van der Waals surface area contributed by atoms with Gasteiger partial charge < -0.3 is 14.6 Å². The predicted molar refractivity (Wildman–Crippen MR) is 52.8 cm³/mol. The summed E-state index contributed by atoms with van der Waals surface area (Å²) in [5.74, 6) is 0.471. The fourth-order valence-electron chi connectivity index (χ4n) is 0.943. The standard InChI is InChI=1S/C9H12O4S/c1-6(10)14-5-7(11)9(12)8-3-2-4-13-8/h2-4,7,9,11-12H,5H2,1H3. The molecule has 2 N–H and O–H groups in total. The highest BCUT2D eigenvalue weighted by molar-refractivity contribution is 8.13.